The van der Waals surface area contributed by atoms with Crippen molar-refractivity contribution in [2.24, 2.45) is 0 Å². The molecule has 15 heavy (non-hydrogen) atoms. The highest BCUT2D eigenvalue weighted by molar-refractivity contribution is 7.13. The Hall–Kier alpha value is -0.740. The standard InChI is InChI=1S/C11H17NO2S/c1-5-9(14-6-2)11-12-7(3)10(15-11)8(4)13/h9H,5-6H2,1-4H3. The van der Waals surface area contributed by atoms with E-state index in [0.29, 0.717) is 6.61 Å². The molecule has 1 rings (SSSR count). The lowest BCUT2D eigenvalue weighted by Crippen LogP contribution is -2.02. The first kappa shape index (κ1) is 12.3. The van der Waals surface area contributed by atoms with Crippen molar-refractivity contribution < 1.29 is 9.53 Å². The Morgan fingerprint density at radius 3 is 2.60 bits per heavy atom. The number of ether oxygens (including phenoxy) is 1. The van der Waals surface area contributed by atoms with Crippen LogP contribution in [0.3, 0.4) is 0 Å². The first-order valence-corrected chi connectivity index (χ1v) is 6.01. The highest BCUT2D eigenvalue weighted by atomic mass is 32.1. The number of hydrogen-bond donors (Lipinski definition) is 0. The van der Waals surface area contributed by atoms with Gasteiger partial charge in [0, 0.05) is 13.5 Å². The van der Waals surface area contributed by atoms with Gasteiger partial charge in [-0.15, -0.1) is 11.3 Å². The van der Waals surface area contributed by atoms with Gasteiger partial charge in [-0.2, -0.15) is 0 Å². The molecular formula is C11H17NO2S. The van der Waals surface area contributed by atoms with Gasteiger partial charge in [-0.05, 0) is 20.3 Å². The zero-order chi connectivity index (χ0) is 11.4. The first-order valence-electron chi connectivity index (χ1n) is 5.20. The van der Waals surface area contributed by atoms with Crippen LogP contribution in [0.4, 0.5) is 0 Å². The average molecular weight is 227 g/mol. The van der Waals surface area contributed by atoms with E-state index in [2.05, 4.69) is 11.9 Å². The van der Waals surface area contributed by atoms with Crippen LogP contribution >= 0.6 is 11.3 Å². The van der Waals surface area contributed by atoms with E-state index in [1.54, 1.807) is 6.92 Å². The fourth-order valence-corrected chi connectivity index (χ4v) is 2.54. The highest BCUT2D eigenvalue weighted by Gasteiger charge is 2.17. The lowest BCUT2D eigenvalue weighted by molar-refractivity contribution is 0.0596. The number of ketones is 1. The number of thiazole rings is 1. The van der Waals surface area contributed by atoms with E-state index >= 15 is 0 Å². The van der Waals surface area contributed by atoms with Crippen LogP contribution in [0.25, 0.3) is 0 Å². The molecule has 0 saturated heterocycles. The van der Waals surface area contributed by atoms with Crippen LogP contribution in [-0.2, 0) is 4.74 Å². The fourth-order valence-electron chi connectivity index (χ4n) is 1.45. The van der Waals surface area contributed by atoms with Crippen molar-refractivity contribution in [3.05, 3.63) is 15.6 Å². The molecule has 0 bridgehead atoms. The molecule has 3 nitrogen and oxygen atoms in total. The third-order valence-electron chi connectivity index (χ3n) is 2.15. The Kier molecular flexibility index (Phi) is 4.42. The minimum Gasteiger partial charge on any atom is -0.371 e. The van der Waals surface area contributed by atoms with Crippen molar-refractivity contribution >= 4 is 17.1 Å². The Labute approximate surface area is 94.5 Å². The summed E-state index contributed by atoms with van der Waals surface area (Å²) in [5.41, 5.74) is 0.820. The summed E-state index contributed by atoms with van der Waals surface area (Å²) in [6.45, 7) is 8.15. The van der Waals surface area contributed by atoms with Crippen LogP contribution in [0.15, 0.2) is 0 Å². The molecule has 4 heteroatoms. The topological polar surface area (TPSA) is 39.2 Å². The second-order valence-electron chi connectivity index (χ2n) is 3.38. The molecule has 1 aromatic rings. The number of carbonyl (C=O) groups excluding carboxylic acids is 1. The van der Waals surface area contributed by atoms with Gasteiger partial charge in [0.2, 0.25) is 0 Å². The van der Waals surface area contributed by atoms with Crippen molar-refractivity contribution in [2.75, 3.05) is 6.61 Å². The van der Waals surface area contributed by atoms with E-state index in [4.69, 9.17) is 4.74 Å². The average Bonchev–Trinajstić information content (AvgIpc) is 2.56. The number of carbonyl (C=O) groups is 1. The number of hydrogen-bond acceptors (Lipinski definition) is 4. The zero-order valence-electron chi connectivity index (χ0n) is 9.66. The molecule has 0 aliphatic heterocycles. The summed E-state index contributed by atoms with van der Waals surface area (Å²) < 4.78 is 5.56. The third kappa shape index (κ3) is 2.86. The van der Waals surface area contributed by atoms with Crippen molar-refractivity contribution in [3.8, 4) is 0 Å². The molecule has 0 aromatic carbocycles. The maximum atomic E-state index is 11.3. The lowest BCUT2D eigenvalue weighted by Gasteiger charge is -2.10. The molecule has 1 atom stereocenters. The van der Waals surface area contributed by atoms with Crippen LogP contribution in [0, 0.1) is 6.92 Å². The van der Waals surface area contributed by atoms with Crippen molar-refractivity contribution in [1.29, 1.82) is 0 Å². The highest BCUT2D eigenvalue weighted by Crippen LogP contribution is 2.28. The maximum absolute atomic E-state index is 11.3. The molecule has 0 spiro atoms. The van der Waals surface area contributed by atoms with E-state index in [-0.39, 0.29) is 11.9 Å². The van der Waals surface area contributed by atoms with E-state index in [0.717, 1.165) is 22.0 Å². The van der Waals surface area contributed by atoms with Crippen LogP contribution in [-0.4, -0.2) is 17.4 Å². The van der Waals surface area contributed by atoms with Crippen LogP contribution in [0.5, 0.6) is 0 Å². The largest absolute Gasteiger partial charge is 0.371 e. The van der Waals surface area contributed by atoms with E-state index in [1.165, 1.54) is 11.3 Å². The van der Waals surface area contributed by atoms with Crippen molar-refractivity contribution in [3.63, 3.8) is 0 Å². The van der Waals surface area contributed by atoms with Gasteiger partial charge in [-0.25, -0.2) is 4.98 Å². The van der Waals surface area contributed by atoms with Crippen LogP contribution in [0.2, 0.25) is 0 Å². The minimum absolute atomic E-state index is 0.0341. The molecule has 0 fully saturated rings. The SMILES string of the molecule is CCOC(CC)c1nc(C)c(C(C)=O)s1. The smallest absolute Gasteiger partial charge is 0.171 e. The number of rotatable bonds is 5. The van der Waals surface area contributed by atoms with Gasteiger partial charge in [0.1, 0.15) is 11.1 Å². The molecule has 1 heterocycles. The Bertz CT molecular complexity index is 346. The van der Waals surface area contributed by atoms with Crippen LogP contribution < -0.4 is 0 Å². The van der Waals surface area contributed by atoms with E-state index in [1.807, 2.05) is 13.8 Å². The van der Waals surface area contributed by atoms with Gasteiger partial charge in [0.25, 0.3) is 0 Å². The van der Waals surface area contributed by atoms with Gasteiger partial charge < -0.3 is 4.74 Å². The summed E-state index contributed by atoms with van der Waals surface area (Å²) in [7, 11) is 0. The van der Waals surface area contributed by atoms with Crippen LogP contribution in [0.1, 0.15) is 53.7 Å². The Morgan fingerprint density at radius 1 is 1.53 bits per heavy atom. The van der Waals surface area contributed by atoms with E-state index in [9.17, 15) is 4.79 Å². The molecule has 0 amide bonds. The normalized spacial score (nSPS) is 12.8. The number of Topliss-reactive ketones (excluding diaryl/α,β-unsaturated/α-hetero) is 1. The Morgan fingerprint density at radius 2 is 2.20 bits per heavy atom. The maximum Gasteiger partial charge on any atom is 0.171 e. The minimum atomic E-state index is 0.0341. The predicted octanol–water partition coefficient (Wildman–Crippen LogP) is 3.14. The summed E-state index contributed by atoms with van der Waals surface area (Å²) in [5, 5.41) is 0.919. The van der Waals surface area contributed by atoms with Crippen molar-refractivity contribution in [2.45, 2.75) is 40.2 Å². The molecule has 0 saturated carbocycles. The van der Waals surface area contributed by atoms with E-state index < -0.39 is 0 Å². The number of aromatic nitrogens is 1. The molecule has 0 N–H and O–H groups in total. The summed E-state index contributed by atoms with van der Waals surface area (Å²) in [6, 6.07) is 0. The second kappa shape index (κ2) is 5.37. The summed E-state index contributed by atoms with van der Waals surface area (Å²) in [5.74, 6) is 0.0857. The molecule has 0 radical (unpaired) electrons. The van der Waals surface area contributed by atoms with Gasteiger partial charge in [0.15, 0.2) is 5.78 Å². The summed E-state index contributed by atoms with van der Waals surface area (Å²) >= 11 is 1.45. The number of aryl methyl sites for hydroxylation is 1. The third-order valence-corrected chi connectivity index (χ3v) is 3.50. The summed E-state index contributed by atoms with van der Waals surface area (Å²) in [6.07, 6.45) is 0.921. The Balaban J connectivity index is 2.94. The fraction of sp³-hybridized carbons (Fsp3) is 0.636. The molecule has 1 aromatic heterocycles. The lowest BCUT2D eigenvalue weighted by atomic mass is 10.3. The first-order chi connectivity index (χ1) is 7.10. The van der Waals surface area contributed by atoms with Crippen molar-refractivity contribution in [1.82, 2.24) is 4.98 Å². The quantitative estimate of drug-likeness (QED) is 0.725. The molecule has 1 unspecified atom stereocenters. The molecule has 0 aliphatic rings. The number of nitrogens with zero attached hydrogens (tertiary/aromatic N) is 1. The van der Waals surface area contributed by atoms with Gasteiger partial charge >= 0.3 is 0 Å². The van der Waals surface area contributed by atoms with Gasteiger partial charge in [0.05, 0.1) is 10.6 Å². The zero-order valence-corrected chi connectivity index (χ0v) is 10.5. The molecule has 84 valence electrons. The molecule has 0 aliphatic carbocycles. The monoisotopic (exact) mass is 227 g/mol. The predicted molar refractivity (Wildman–Crippen MR) is 61.5 cm³/mol. The summed E-state index contributed by atoms with van der Waals surface area (Å²) in [4.78, 5) is 16.4. The second-order valence-corrected chi connectivity index (χ2v) is 4.41. The molecular weight excluding hydrogens is 210 g/mol. The van der Waals surface area contributed by atoms with Gasteiger partial charge in [-0.3, -0.25) is 4.79 Å². The van der Waals surface area contributed by atoms with Gasteiger partial charge in [-0.1, -0.05) is 6.92 Å².